The zero-order valence-corrected chi connectivity index (χ0v) is 8.77. The van der Waals surface area contributed by atoms with Crippen LogP contribution >= 0.6 is 0 Å². The molecular formula is C9H17N5. The molecule has 0 amide bonds. The first kappa shape index (κ1) is 9.48. The first-order chi connectivity index (χ1) is 6.75. The van der Waals surface area contributed by atoms with Gasteiger partial charge >= 0.3 is 0 Å². The molecule has 2 rings (SSSR count). The number of rotatable bonds is 2. The fraction of sp³-hybridized carbons (Fsp3) is 0.667. The summed E-state index contributed by atoms with van der Waals surface area (Å²) in [5.41, 5.74) is 3.31. The molecule has 0 saturated carbocycles. The van der Waals surface area contributed by atoms with Crippen molar-refractivity contribution in [3.05, 3.63) is 12.4 Å². The molecule has 0 bridgehead atoms. The van der Waals surface area contributed by atoms with Crippen molar-refractivity contribution in [1.29, 1.82) is 0 Å². The van der Waals surface area contributed by atoms with Gasteiger partial charge in [0.15, 0.2) is 0 Å². The van der Waals surface area contributed by atoms with E-state index in [1.807, 2.05) is 17.8 Å². The van der Waals surface area contributed by atoms with Gasteiger partial charge in [-0.2, -0.15) is 0 Å². The standard InChI is InChI=1S/C9H17N5/c1-12-5-7-14(8-6-12)11-9-10-3-4-13(9)2/h3-4H,5-8H2,1-2H3,(H,10,11). The Morgan fingerprint density at radius 1 is 1.21 bits per heavy atom. The van der Waals surface area contributed by atoms with Gasteiger partial charge in [-0.25, -0.2) is 9.99 Å². The van der Waals surface area contributed by atoms with Crippen molar-refractivity contribution in [2.45, 2.75) is 0 Å². The summed E-state index contributed by atoms with van der Waals surface area (Å²) in [5, 5.41) is 2.21. The highest BCUT2D eigenvalue weighted by Gasteiger charge is 2.14. The van der Waals surface area contributed by atoms with Gasteiger partial charge in [0.1, 0.15) is 0 Å². The molecule has 0 atom stereocenters. The van der Waals surface area contributed by atoms with Crippen LogP contribution in [0.1, 0.15) is 0 Å². The summed E-state index contributed by atoms with van der Waals surface area (Å²) >= 11 is 0. The van der Waals surface area contributed by atoms with Crippen LogP contribution < -0.4 is 5.43 Å². The molecule has 1 aliphatic rings. The Bertz CT molecular complexity index is 287. The number of nitrogens with zero attached hydrogens (tertiary/aromatic N) is 4. The smallest absolute Gasteiger partial charge is 0.217 e. The zero-order valence-electron chi connectivity index (χ0n) is 8.77. The van der Waals surface area contributed by atoms with Gasteiger partial charge in [0, 0.05) is 45.6 Å². The van der Waals surface area contributed by atoms with Crippen LogP contribution in [0.3, 0.4) is 0 Å². The van der Waals surface area contributed by atoms with Crippen LogP contribution in [0.15, 0.2) is 12.4 Å². The summed E-state index contributed by atoms with van der Waals surface area (Å²) in [6, 6.07) is 0. The minimum Gasteiger partial charge on any atom is -0.320 e. The second kappa shape index (κ2) is 3.98. The van der Waals surface area contributed by atoms with Gasteiger partial charge < -0.3 is 9.47 Å². The van der Waals surface area contributed by atoms with E-state index in [1.165, 1.54) is 0 Å². The van der Waals surface area contributed by atoms with E-state index in [-0.39, 0.29) is 0 Å². The average Bonchev–Trinajstić information content (AvgIpc) is 2.56. The molecule has 1 aromatic heterocycles. The number of hydrogen-bond acceptors (Lipinski definition) is 4. The van der Waals surface area contributed by atoms with Crippen LogP contribution in [0.2, 0.25) is 0 Å². The van der Waals surface area contributed by atoms with Crippen LogP contribution in [0.25, 0.3) is 0 Å². The van der Waals surface area contributed by atoms with Crippen LogP contribution in [-0.2, 0) is 7.05 Å². The Hall–Kier alpha value is -1.07. The summed E-state index contributed by atoms with van der Waals surface area (Å²) in [5.74, 6) is 0.912. The number of aryl methyl sites for hydroxylation is 1. The first-order valence-electron chi connectivity index (χ1n) is 4.93. The van der Waals surface area contributed by atoms with Crippen LogP contribution in [0, 0.1) is 0 Å². The third kappa shape index (κ3) is 2.05. The minimum absolute atomic E-state index is 0.912. The predicted molar refractivity (Wildman–Crippen MR) is 55.9 cm³/mol. The topological polar surface area (TPSA) is 36.3 Å². The molecule has 1 fully saturated rings. The van der Waals surface area contributed by atoms with E-state index in [2.05, 4.69) is 27.4 Å². The van der Waals surface area contributed by atoms with Crippen molar-refractivity contribution in [2.24, 2.45) is 7.05 Å². The van der Waals surface area contributed by atoms with E-state index in [0.29, 0.717) is 0 Å². The second-order valence-corrected chi connectivity index (χ2v) is 3.76. The fourth-order valence-electron chi connectivity index (χ4n) is 1.53. The van der Waals surface area contributed by atoms with E-state index >= 15 is 0 Å². The maximum Gasteiger partial charge on any atom is 0.217 e. The lowest BCUT2D eigenvalue weighted by Gasteiger charge is -2.32. The molecule has 1 aliphatic heterocycles. The third-order valence-corrected chi connectivity index (χ3v) is 2.58. The Labute approximate surface area is 84.3 Å². The Balaban J connectivity index is 1.89. The molecule has 1 saturated heterocycles. The summed E-state index contributed by atoms with van der Waals surface area (Å²) in [6.07, 6.45) is 3.75. The Morgan fingerprint density at radius 3 is 2.50 bits per heavy atom. The monoisotopic (exact) mass is 195 g/mol. The first-order valence-corrected chi connectivity index (χ1v) is 4.93. The molecule has 0 radical (unpaired) electrons. The number of nitrogens with one attached hydrogen (secondary N) is 1. The zero-order chi connectivity index (χ0) is 9.97. The maximum atomic E-state index is 4.23. The lowest BCUT2D eigenvalue weighted by atomic mass is 10.4. The summed E-state index contributed by atoms with van der Waals surface area (Å²) in [4.78, 5) is 6.56. The second-order valence-electron chi connectivity index (χ2n) is 3.76. The van der Waals surface area contributed by atoms with Crippen LogP contribution in [0.5, 0.6) is 0 Å². The fourth-order valence-corrected chi connectivity index (χ4v) is 1.53. The van der Waals surface area contributed by atoms with Crippen molar-refractivity contribution in [3.63, 3.8) is 0 Å². The number of piperazine rings is 1. The van der Waals surface area contributed by atoms with Gasteiger partial charge in [0.2, 0.25) is 5.95 Å². The number of hydrogen-bond donors (Lipinski definition) is 1. The van der Waals surface area contributed by atoms with Gasteiger partial charge in [-0.05, 0) is 7.05 Å². The third-order valence-electron chi connectivity index (χ3n) is 2.58. The highest BCUT2D eigenvalue weighted by Crippen LogP contribution is 2.05. The quantitative estimate of drug-likeness (QED) is 0.720. The van der Waals surface area contributed by atoms with Crippen LogP contribution in [0.4, 0.5) is 5.95 Å². The van der Waals surface area contributed by atoms with Crippen molar-refractivity contribution >= 4 is 5.95 Å². The molecular weight excluding hydrogens is 178 g/mol. The Kier molecular flexibility index (Phi) is 2.69. The predicted octanol–water partition coefficient (Wildman–Crippen LogP) is -0.00560. The molecule has 14 heavy (non-hydrogen) atoms. The van der Waals surface area contributed by atoms with Gasteiger partial charge in [-0.3, -0.25) is 5.43 Å². The molecule has 0 spiro atoms. The van der Waals surface area contributed by atoms with Crippen LogP contribution in [-0.4, -0.2) is 52.7 Å². The lowest BCUT2D eigenvalue weighted by Crippen LogP contribution is -2.47. The number of hydrazine groups is 1. The summed E-state index contributed by atoms with van der Waals surface area (Å²) in [7, 11) is 4.14. The van der Waals surface area contributed by atoms with E-state index in [0.717, 1.165) is 32.1 Å². The van der Waals surface area contributed by atoms with Gasteiger partial charge in [-0.1, -0.05) is 0 Å². The lowest BCUT2D eigenvalue weighted by molar-refractivity contribution is 0.177. The molecule has 0 aromatic carbocycles. The summed E-state index contributed by atoms with van der Waals surface area (Å²) < 4.78 is 1.98. The van der Waals surface area contributed by atoms with Gasteiger partial charge in [-0.15, -0.1) is 0 Å². The van der Waals surface area contributed by atoms with E-state index in [1.54, 1.807) is 6.20 Å². The molecule has 1 N–H and O–H groups in total. The van der Waals surface area contributed by atoms with E-state index < -0.39 is 0 Å². The largest absolute Gasteiger partial charge is 0.320 e. The average molecular weight is 195 g/mol. The molecule has 1 aromatic rings. The van der Waals surface area contributed by atoms with Crippen molar-refractivity contribution in [1.82, 2.24) is 19.5 Å². The molecule has 2 heterocycles. The molecule has 0 unspecified atom stereocenters. The normalized spacial score (nSPS) is 19.9. The summed E-state index contributed by atoms with van der Waals surface area (Å²) in [6.45, 7) is 4.31. The Morgan fingerprint density at radius 2 is 1.93 bits per heavy atom. The van der Waals surface area contributed by atoms with Crippen molar-refractivity contribution < 1.29 is 0 Å². The highest BCUT2D eigenvalue weighted by molar-refractivity contribution is 5.23. The highest BCUT2D eigenvalue weighted by atomic mass is 15.6. The minimum atomic E-state index is 0.912. The van der Waals surface area contributed by atoms with Gasteiger partial charge in [0.05, 0.1) is 0 Å². The molecule has 5 heteroatoms. The van der Waals surface area contributed by atoms with E-state index in [4.69, 9.17) is 0 Å². The SMILES string of the molecule is CN1CCN(Nc2nccn2C)CC1. The number of imidazole rings is 1. The number of anilines is 1. The molecule has 78 valence electrons. The molecule has 5 nitrogen and oxygen atoms in total. The molecule has 0 aliphatic carbocycles. The van der Waals surface area contributed by atoms with Crippen molar-refractivity contribution in [3.8, 4) is 0 Å². The van der Waals surface area contributed by atoms with Crippen molar-refractivity contribution in [2.75, 3.05) is 38.7 Å². The maximum absolute atomic E-state index is 4.23. The number of aromatic nitrogens is 2. The van der Waals surface area contributed by atoms with E-state index in [9.17, 15) is 0 Å². The number of likely N-dealkylation sites (N-methyl/N-ethyl adjacent to an activating group) is 1. The van der Waals surface area contributed by atoms with Gasteiger partial charge in [0.25, 0.3) is 0 Å².